The third-order valence-electron chi connectivity index (χ3n) is 5.20. The topological polar surface area (TPSA) is 43.4 Å². The Kier molecular flexibility index (Phi) is 6.72. The van der Waals surface area contributed by atoms with E-state index in [4.69, 9.17) is 4.74 Å². The lowest BCUT2D eigenvalue weighted by molar-refractivity contribution is -0.161. The predicted octanol–water partition coefficient (Wildman–Crippen LogP) is 4.43. The fraction of sp³-hybridized carbons (Fsp3) is 0.889. The van der Waals surface area contributed by atoms with Crippen LogP contribution in [0.3, 0.4) is 0 Å². The first kappa shape index (κ1) is 16.5. The van der Waals surface area contributed by atoms with Gasteiger partial charge in [-0.15, -0.1) is 0 Å². The lowest BCUT2D eigenvalue weighted by Gasteiger charge is -2.23. The summed E-state index contributed by atoms with van der Waals surface area (Å²) < 4.78 is 5.58. The van der Waals surface area contributed by atoms with E-state index >= 15 is 0 Å². The molecule has 2 aliphatic rings. The van der Waals surface area contributed by atoms with Crippen molar-refractivity contribution in [2.45, 2.75) is 90.1 Å². The summed E-state index contributed by atoms with van der Waals surface area (Å²) in [6.07, 6.45) is 13.1. The summed E-state index contributed by atoms with van der Waals surface area (Å²) in [6.45, 7) is 2.20. The highest BCUT2D eigenvalue weighted by atomic mass is 16.5. The van der Waals surface area contributed by atoms with Crippen molar-refractivity contribution in [3.8, 4) is 0 Å². The van der Waals surface area contributed by atoms with Gasteiger partial charge in [-0.25, -0.2) is 4.79 Å². The number of carbonyl (C=O) groups is 2. The summed E-state index contributed by atoms with van der Waals surface area (Å²) in [7, 11) is 0. The standard InChI is InChI=1S/C18H30O3/c1-2-3-5-9-14-12-8-13-16(14)21-18(20)17(19)15-10-6-4-7-11-15/h14-16H,2-13H2,1H3. The van der Waals surface area contributed by atoms with E-state index in [2.05, 4.69) is 6.92 Å². The highest BCUT2D eigenvalue weighted by Gasteiger charge is 2.34. The van der Waals surface area contributed by atoms with Crippen LogP contribution in [0.5, 0.6) is 0 Å². The molecule has 21 heavy (non-hydrogen) atoms. The first-order chi connectivity index (χ1) is 10.2. The van der Waals surface area contributed by atoms with Gasteiger partial charge in [0.25, 0.3) is 0 Å². The molecule has 0 aliphatic heterocycles. The Labute approximate surface area is 128 Å². The molecular formula is C18H30O3. The average Bonchev–Trinajstić information content (AvgIpc) is 2.95. The molecule has 2 atom stereocenters. The van der Waals surface area contributed by atoms with Crippen molar-refractivity contribution in [3.63, 3.8) is 0 Å². The van der Waals surface area contributed by atoms with Crippen LogP contribution in [-0.2, 0) is 14.3 Å². The quantitative estimate of drug-likeness (QED) is 0.396. The van der Waals surface area contributed by atoms with Crippen LogP contribution in [-0.4, -0.2) is 17.9 Å². The zero-order valence-corrected chi connectivity index (χ0v) is 13.4. The van der Waals surface area contributed by atoms with E-state index in [1.807, 2.05) is 0 Å². The number of unbranched alkanes of at least 4 members (excludes halogenated alkanes) is 2. The first-order valence-electron chi connectivity index (χ1n) is 8.97. The van der Waals surface area contributed by atoms with Gasteiger partial charge in [-0.2, -0.15) is 0 Å². The van der Waals surface area contributed by atoms with Crippen molar-refractivity contribution in [1.82, 2.24) is 0 Å². The minimum atomic E-state index is -0.547. The smallest absolute Gasteiger partial charge is 0.375 e. The minimum absolute atomic E-state index is 0.00176. The second kappa shape index (κ2) is 8.55. The fourth-order valence-corrected chi connectivity index (χ4v) is 3.87. The molecule has 0 aromatic carbocycles. The molecule has 0 amide bonds. The fourth-order valence-electron chi connectivity index (χ4n) is 3.87. The monoisotopic (exact) mass is 294 g/mol. The van der Waals surface area contributed by atoms with Crippen molar-refractivity contribution in [3.05, 3.63) is 0 Å². The van der Waals surface area contributed by atoms with Gasteiger partial charge in [-0.1, -0.05) is 45.4 Å². The Morgan fingerprint density at radius 3 is 2.43 bits per heavy atom. The Morgan fingerprint density at radius 1 is 0.952 bits per heavy atom. The van der Waals surface area contributed by atoms with Gasteiger partial charge < -0.3 is 4.74 Å². The zero-order valence-electron chi connectivity index (χ0n) is 13.4. The molecular weight excluding hydrogens is 264 g/mol. The highest BCUT2D eigenvalue weighted by Crippen LogP contribution is 2.33. The number of ether oxygens (including phenoxy) is 1. The molecule has 2 saturated carbocycles. The number of carbonyl (C=O) groups excluding carboxylic acids is 2. The SMILES string of the molecule is CCCCCC1CCCC1OC(=O)C(=O)C1CCCCC1. The van der Waals surface area contributed by atoms with Crippen molar-refractivity contribution < 1.29 is 14.3 Å². The predicted molar refractivity (Wildman–Crippen MR) is 82.9 cm³/mol. The maximum atomic E-state index is 12.2. The van der Waals surface area contributed by atoms with Crippen LogP contribution in [0.4, 0.5) is 0 Å². The number of ketones is 1. The van der Waals surface area contributed by atoms with Gasteiger partial charge in [-0.3, -0.25) is 4.79 Å². The second-order valence-corrected chi connectivity index (χ2v) is 6.83. The lowest BCUT2D eigenvalue weighted by Crippen LogP contribution is -2.32. The van der Waals surface area contributed by atoms with Crippen LogP contribution in [0.15, 0.2) is 0 Å². The van der Waals surface area contributed by atoms with Crippen LogP contribution < -0.4 is 0 Å². The summed E-state index contributed by atoms with van der Waals surface area (Å²) in [5.74, 6) is -0.381. The normalized spacial score (nSPS) is 26.7. The van der Waals surface area contributed by atoms with Crippen LogP contribution in [0.2, 0.25) is 0 Å². The van der Waals surface area contributed by atoms with E-state index in [0.717, 1.165) is 51.4 Å². The van der Waals surface area contributed by atoms with E-state index in [9.17, 15) is 9.59 Å². The van der Waals surface area contributed by atoms with Gasteiger partial charge in [0.2, 0.25) is 5.78 Å². The van der Waals surface area contributed by atoms with Gasteiger partial charge in [-0.05, 0) is 44.4 Å². The lowest BCUT2D eigenvalue weighted by atomic mass is 9.86. The van der Waals surface area contributed by atoms with Gasteiger partial charge in [0.05, 0.1) is 0 Å². The average molecular weight is 294 g/mol. The maximum absolute atomic E-state index is 12.2. The molecule has 0 saturated heterocycles. The number of esters is 1. The van der Waals surface area contributed by atoms with Gasteiger partial charge in [0.15, 0.2) is 0 Å². The van der Waals surface area contributed by atoms with Crippen LogP contribution >= 0.6 is 0 Å². The Balaban J connectivity index is 1.78. The Hall–Kier alpha value is -0.860. The van der Waals surface area contributed by atoms with E-state index in [0.29, 0.717) is 5.92 Å². The third-order valence-corrected chi connectivity index (χ3v) is 5.20. The summed E-state index contributed by atoms with van der Waals surface area (Å²) in [5, 5.41) is 0. The van der Waals surface area contributed by atoms with Gasteiger partial charge in [0.1, 0.15) is 6.10 Å². The second-order valence-electron chi connectivity index (χ2n) is 6.83. The zero-order chi connectivity index (χ0) is 15.1. The molecule has 3 heteroatoms. The third kappa shape index (κ3) is 4.82. The molecule has 0 aromatic rings. The Morgan fingerprint density at radius 2 is 1.71 bits per heavy atom. The maximum Gasteiger partial charge on any atom is 0.375 e. The van der Waals surface area contributed by atoms with Crippen molar-refractivity contribution in [1.29, 1.82) is 0 Å². The molecule has 0 spiro atoms. The van der Waals surface area contributed by atoms with E-state index in [1.54, 1.807) is 0 Å². The summed E-state index contributed by atoms with van der Waals surface area (Å²) in [4.78, 5) is 24.3. The van der Waals surface area contributed by atoms with Crippen LogP contribution in [0.1, 0.15) is 84.0 Å². The van der Waals surface area contributed by atoms with Crippen molar-refractivity contribution in [2.24, 2.45) is 11.8 Å². The van der Waals surface area contributed by atoms with Crippen LogP contribution in [0, 0.1) is 11.8 Å². The molecule has 0 heterocycles. The van der Waals surface area contributed by atoms with E-state index in [1.165, 1.54) is 25.7 Å². The molecule has 2 aliphatic carbocycles. The van der Waals surface area contributed by atoms with E-state index < -0.39 is 5.97 Å². The summed E-state index contributed by atoms with van der Waals surface area (Å²) >= 11 is 0. The molecule has 120 valence electrons. The van der Waals surface area contributed by atoms with Crippen molar-refractivity contribution >= 4 is 11.8 Å². The Bertz CT molecular complexity index is 344. The number of hydrogen-bond donors (Lipinski definition) is 0. The molecule has 2 unspecified atom stereocenters. The number of Topliss-reactive ketones (excluding diaryl/α,β-unsaturated/α-hetero) is 1. The van der Waals surface area contributed by atoms with Crippen LogP contribution in [0.25, 0.3) is 0 Å². The molecule has 0 aromatic heterocycles. The molecule has 0 N–H and O–H groups in total. The molecule has 3 nitrogen and oxygen atoms in total. The largest absolute Gasteiger partial charge is 0.456 e. The minimum Gasteiger partial charge on any atom is -0.456 e. The molecule has 2 rings (SSSR count). The summed E-state index contributed by atoms with van der Waals surface area (Å²) in [5.41, 5.74) is 0. The number of rotatable bonds is 7. The van der Waals surface area contributed by atoms with E-state index in [-0.39, 0.29) is 17.8 Å². The number of hydrogen-bond acceptors (Lipinski definition) is 3. The van der Waals surface area contributed by atoms with Gasteiger partial charge >= 0.3 is 5.97 Å². The molecule has 0 radical (unpaired) electrons. The van der Waals surface area contributed by atoms with Crippen molar-refractivity contribution in [2.75, 3.05) is 0 Å². The summed E-state index contributed by atoms with van der Waals surface area (Å²) in [6, 6.07) is 0. The van der Waals surface area contributed by atoms with Gasteiger partial charge in [0, 0.05) is 5.92 Å². The highest BCUT2D eigenvalue weighted by molar-refractivity contribution is 6.34. The molecule has 0 bridgehead atoms. The first-order valence-corrected chi connectivity index (χ1v) is 8.97. The molecule has 2 fully saturated rings.